The van der Waals surface area contributed by atoms with Crippen LogP contribution in [0.4, 0.5) is 22.7 Å². The first kappa shape index (κ1) is 53.2. The topological polar surface area (TPSA) is 33.5 Å². The van der Waals surface area contributed by atoms with Crippen LogP contribution in [-0.2, 0) is 53.6 Å². The SMILES string of the molecule is [2H]C([2H])([2H])c1ccc(C(C)(C)C)cc1-c1cccc2c1N(c1cc(C(C)(C)C)cc(C(C)(C)C)c1)[CH-]N2c1[c-]c(Oc2[c-]c3c(cc2)c2cc(-c4cc(C(C)(C)C)cc(C(C)(C)C)c4)ccc2n3-c2cc(C(C)(C)C)ccn2)ccc1.[Pt]. The average molecular weight is 1230 g/mol. The van der Waals surface area contributed by atoms with E-state index >= 15 is 0 Å². The summed E-state index contributed by atoms with van der Waals surface area (Å²) in [6.07, 6.45) is 1.91. The van der Waals surface area contributed by atoms with Crippen LogP contribution < -0.4 is 14.5 Å². The molecule has 5 nitrogen and oxygen atoms in total. The zero-order valence-corrected chi connectivity index (χ0v) is 52.1. The van der Waals surface area contributed by atoms with Crippen LogP contribution in [0.3, 0.4) is 0 Å². The van der Waals surface area contributed by atoms with Crippen molar-refractivity contribution < 1.29 is 29.9 Å². The molecule has 0 unspecified atom stereocenters. The summed E-state index contributed by atoms with van der Waals surface area (Å²) in [6.45, 7) is 40.2. The molecule has 0 amide bonds. The van der Waals surface area contributed by atoms with E-state index in [-0.39, 0.29) is 53.6 Å². The maximum Gasteiger partial charge on any atom is 0.135 e. The molecule has 0 saturated carbocycles. The van der Waals surface area contributed by atoms with E-state index in [0.717, 1.165) is 67.1 Å². The van der Waals surface area contributed by atoms with Gasteiger partial charge in [0.05, 0.1) is 0 Å². The van der Waals surface area contributed by atoms with E-state index in [1.165, 1.54) is 33.4 Å². The number of fused-ring (bicyclic) bond motifs is 4. The van der Waals surface area contributed by atoms with Gasteiger partial charge in [-0.15, -0.1) is 48.1 Å². The Hall–Kier alpha value is -6.42. The number of aryl methyl sites for hydroxylation is 1. The molecule has 10 rings (SSSR count). The largest absolute Gasteiger partial charge is 0.509 e. The van der Waals surface area contributed by atoms with Gasteiger partial charge in [0, 0.05) is 71.0 Å². The van der Waals surface area contributed by atoms with Gasteiger partial charge >= 0.3 is 0 Å². The van der Waals surface area contributed by atoms with Gasteiger partial charge in [0.25, 0.3) is 0 Å². The predicted molar refractivity (Wildman–Crippen MR) is 332 cm³/mol. The molecule has 0 N–H and O–H groups in total. The molecule has 0 fully saturated rings. The van der Waals surface area contributed by atoms with Crippen molar-refractivity contribution in [1.29, 1.82) is 0 Å². The van der Waals surface area contributed by atoms with Crippen molar-refractivity contribution in [3.05, 3.63) is 197 Å². The van der Waals surface area contributed by atoms with E-state index in [9.17, 15) is 0 Å². The molecule has 6 heteroatoms. The van der Waals surface area contributed by atoms with Gasteiger partial charge in [-0.2, -0.15) is 12.1 Å². The summed E-state index contributed by atoms with van der Waals surface area (Å²) >= 11 is 0. The minimum Gasteiger partial charge on any atom is -0.509 e. The summed E-state index contributed by atoms with van der Waals surface area (Å²) in [5.74, 6) is 1.87. The van der Waals surface area contributed by atoms with Crippen LogP contribution >= 0.6 is 0 Å². The number of benzene rings is 7. The van der Waals surface area contributed by atoms with E-state index < -0.39 is 6.85 Å². The third kappa shape index (κ3) is 11.4. The zero-order chi connectivity index (χ0) is 58.7. The summed E-state index contributed by atoms with van der Waals surface area (Å²) in [4.78, 5) is 9.40. The third-order valence-electron chi connectivity index (χ3n) is 15.6. The van der Waals surface area contributed by atoms with Crippen LogP contribution in [0.15, 0.2) is 140 Å². The van der Waals surface area contributed by atoms with Crippen molar-refractivity contribution in [1.82, 2.24) is 9.55 Å². The second-order valence-corrected chi connectivity index (χ2v) is 27.9. The molecule has 2 aromatic heterocycles. The molecule has 0 atom stereocenters. The van der Waals surface area contributed by atoms with Crippen molar-refractivity contribution in [3.8, 4) is 39.6 Å². The fourth-order valence-corrected chi connectivity index (χ4v) is 10.5. The number of anilines is 4. The second kappa shape index (κ2) is 20.3. The van der Waals surface area contributed by atoms with Crippen molar-refractivity contribution in [2.24, 2.45) is 0 Å². The minimum absolute atomic E-state index is 0. The third-order valence-corrected chi connectivity index (χ3v) is 15.6. The van der Waals surface area contributed by atoms with Crippen LogP contribution in [0.25, 0.3) is 49.9 Å². The number of hydrogen-bond acceptors (Lipinski definition) is 4. The molecule has 1 aliphatic rings. The van der Waals surface area contributed by atoms with Crippen LogP contribution in [-0.4, -0.2) is 9.55 Å². The van der Waals surface area contributed by atoms with Gasteiger partial charge in [-0.25, -0.2) is 4.98 Å². The Morgan fingerprint density at radius 1 is 0.481 bits per heavy atom. The molecule has 0 saturated heterocycles. The quantitative estimate of drug-likeness (QED) is 0.149. The number of hydrogen-bond donors (Lipinski definition) is 0. The van der Waals surface area contributed by atoms with Crippen LogP contribution in [0.1, 0.15) is 168 Å². The number of para-hydroxylation sites is 1. The molecule has 0 radical (unpaired) electrons. The smallest absolute Gasteiger partial charge is 0.135 e. The van der Waals surface area contributed by atoms with E-state index in [0.29, 0.717) is 22.6 Å². The fraction of sp³-hybridized carbons (Fsp3) is 0.342. The van der Waals surface area contributed by atoms with E-state index in [4.69, 9.17) is 13.8 Å². The zero-order valence-electron chi connectivity index (χ0n) is 52.9. The number of pyridine rings is 1. The van der Waals surface area contributed by atoms with Crippen LogP contribution in [0, 0.1) is 25.7 Å². The van der Waals surface area contributed by atoms with Gasteiger partial charge in [0.1, 0.15) is 5.82 Å². The summed E-state index contributed by atoms with van der Waals surface area (Å²) in [5.41, 5.74) is 16.2. The monoisotopic (exact) mass is 1230 g/mol. The molecular weight excluding hydrogens is 1140 g/mol. The van der Waals surface area contributed by atoms with E-state index in [1.54, 1.807) is 6.07 Å². The van der Waals surface area contributed by atoms with Crippen molar-refractivity contribution in [2.75, 3.05) is 9.80 Å². The molecule has 3 heterocycles. The predicted octanol–water partition coefficient (Wildman–Crippen LogP) is 20.4. The second-order valence-electron chi connectivity index (χ2n) is 27.9. The summed E-state index contributed by atoms with van der Waals surface area (Å²) < 4.78 is 35.5. The Bertz CT molecular complexity index is 3830. The van der Waals surface area contributed by atoms with Gasteiger partial charge in [-0.05, 0) is 137 Å². The molecular formula is C73H81N4OPt-3. The van der Waals surface area contributed by atoms with Gasteiger partial charge in [-0.1, -0.05) is 197 Å². The first-order valence-electron chi connectivity index (χ1n) is 29.3. The van der Waals surface area contributed by atoms with E-state index in [2.05, 4.69) is 249 Å². The Kier molecular flexibility index (Phi) is 13.7. The average Bonchev–Trinajstić information content (AvgIpc) is 4.01. The Morgan fingerprint density at radius 3 is 1.67 bits per heavy atom. The normalized spacial score (nSPS) is 14.3. The first-order chi connectivity index (χ1) is 37.5. The summed E-state index contributed by atoms with van der Waals surface area (Å²) in [7, 11) is 0. The van der Waals surface area contributed by atoms with E-state index in [1.807, 2.05) is 42.6 Å². The Morgan fingerprint density at radius 2 is 1.06 bits per heavy atom. The molecule has 79 heavy (non-hydrogen) atoms. The molecule has 9 aromatic rings. The van der Waals surface area contributed by atoms with Gasteiger partial charge < -0.3 is 19.1 Å². The van der Waals surface area contributed by atoms with Crippen LogP contribution in [0.2, 0.25) is 0 Å². The molecule has 0 bridgehead atoms. The Labute approximate surface area is 491 Å². The molecule has 0 aliphatic carbocycles. The number of aromatic nitrogens is 2. The maximum atomic E-state index is 8.81. The molecule has 412 valence electrons. The number of nitrogens with zero attached hydrogens (tertiary/aromatic N) is 4. The minimum atomic E-state index is -2.36. The van der Waals surface area contributed by atoms with Gasteiger partial charge in [-0.3, -0.25) is 0 Å². The van der Waals surface area contributed by atoms with Crippen molar-refractivity contribution in [2.45, 2.75) is 164 Å². The molecule has 0 spiro atoms. The van der Waals surface area contributed by atoms with Crippen molar-refractivity contribution in [3.63, 3.8) is 0 Å². The van der Waals surface area contributed by atoms with Gasteiger partial charge in [0.2, 0.25) is 0 Å². The standard InChI is InChI=1S/C73H81N4O.Pt/c1-46-26-28-49(68(2,3)4)41-61(46)60-24-21-25-64-67(60)76(56-39-53(72(14,15)16)38-54(40-56)73(17,18)19)45-75(64)55-22-20-23-57(43-55)78-58-29-30-59-62-36-47(48-34-51(70(8,9)10)37-52(35-48)71(11,12)13)27-31-63(62)77(65(59)44-58)66-42-50(32-33-74-66)69(5,6)7;/h20-42,45H,1-19H3;/q-3;/i1D3;. The molecule has 7 aromatic carbocycles. The van der Waals surface area contributed by atoms with Crippen LogP contribution in [0.5, 0.6) is 11.5 Å². The maximum absolute atomic E-state index is 8.81. The summed E-state index contributed by atoms with van der Waals surface area (Å²) in [5, 5.41) is 2.15. The fourth-order valence-electron chi connectivity index (χ4n) is 10.5. The Balaban J connectivity index is 0.00000810. The first-order valence-corrected chi connectivity index (χ1v) is 27.8. The molecule has 1 aliphatic heterocycles. The number of rotatable bonds is 7. The summed E-state index contributed by atoms with van der Waals surface area (Å²) in [6, 6.07) is 54.7. The number of ether oxygens (including phenoxy) is 1. The van der Waals surface area contributed by atoms with Gasteiger partial charge in [0.15, 0.2) is 0 Å². The van der Waals surface area contributed by atoms with Crippen molar-refractivity contribution >= 4 is 44.6 Å².